The summed E-state index contributed by atoms with van der Waals surface area (Å²) in [6.07, 6.45) is 0. The maximum absolute atomic E-state index is 13.1. The Hall–Kier alpha value is -4.23. The van der Waals surface area contributed by atoms with Gasteiger partial charge in [0.1, 0.15) is 6.04 Å². The summed E-state index contributed by atoms with van der Waals surface area (Å²) in [5, 5.41) is 5.62. The third-order valence-corrected chi connectivity index (χ3v) is 7.06. The van der Waals surface area contributed by atoms with Crippen molar-refractivity contribution in [3.8, 4) is 0 Å². The molecular formula is C28H24N2O4S. The lowest BCUT2D eigenvalue weighted by Crippen LogP contribution is -2.37. The topological polar surface area (TPSA) is 92.3 Å². The van der Waals surface area contributed by atoms with E-state index in [0.717, 1.165) is 0 Å². The lowest BCUT2D eigenvalue weighted by molar-refractivity contribution is -0.118. The molecule has 0 saturated carbocycles. The molecule has 0 fully saturated rings. The Balaban J connectivity index is 1.55. The number of amides is 2. The molecule has 176 valence electrons. The highest BCUT2D eigenvalue weighted by Crippen LogP contribution is 2.19. The van der Waals surface area contributed by atoms with E-state index in [1.165, 1.54) is 6.07 Å². The molecule has 6 nitrogen and oxygen atoms in total. The minimum Gasteiger partial charge on any atom is -0.336 e. The summed E-state index contributed by atoms with van der Waals surface area (Å²) in [7, 11) is -3.57. The van der Waals surface area contributed by atoms with Gasteiger partial charge in [0.2, 0.25) is 0 Å². The van der Waals surface area contributed by atoms with Crippen molar-refractivity contribution in [1.82, 2.24) is 5.32 Å². The van der Waals surface area contributed by atoms with Crippen LogP contribution < -0.4 is 10.6 Å². The van der Waals surface area contributed by atoms with Gasteiger partial charge in [-0.2, -0.15) is 0 Å². The summed E-state index contributed by atoms with van der Waals surface area (Å²) < 4.78 is 25.5. The predicted molar refractivity (Wildman–Crippen MR) is 135 cm³/mol. The van der Waals surface area contributed by atoms with E-state index in [4.69, 9.17) is 0 Å². The molecule has 1 unspecified atom stereocenters. The third-order valence-electron chi connectivity index (χ3n) is 5.36. The Morgan fingerprint density at radius 2 is 1.31 bits per heavy atom. The van der Waals surface area contributed by atoms with Gasteiger partial charge in [0, 0.05) is 11.3 Å². The van der Waals surface area contributed by atoms with Crippen LogP contribution in [0.5, 0.6) is 0 Å². The number of hydrogen-bond acceptors (Lipinski definition) is 4. The first-order valence-corrected chi connectivity index (χ1v) is 12.7. The average Bonchev–Trinajstić information content (AvgIpc) is 2.88. The minimum absolute atomic E-state index is 0.219. The quantitative estimate of drug-likeness (QED) is 0.377. The first-order chi connectivity index (χ1) is 16.9. The Labute approximate surface area is 204 Å². The van der Waals surface area contributed by atoms with Crippen LogP contribution in [-0.4, -0.2) is 20.2 Å². The minimum atomic E-state index is -3.57. The standard InChI is InChI=1S/C28H24N2O4S/c31-27(23-14-10-11-21(19-23)20-35(33,34)25-17-8-3-9-18-25)30-26(22-12-4-1-5-13-22)28(32)29-24-15-6-2-7-16-24/h1-19,26H,20H2,(H,29,32)(H,30,31). The predicted octanol–water partition coefficient (Wildman–Crippen LogP) is 4.77. The van der Waals surface area contributed by atoms with Crippen molar-refractivity contribution in [2.75, 3.05) is 5.32 Å². The largest absolute Gasteiger partial charge is 0.336 e. The van der Waals surface area contributed by atoms with Gasteiger partial charge in [0.25, 0.3) is 11.8 Å². The van der Waals surface area contributed by atoms with E-state index in [9.17, 15) is 18.0 Å². The van der Waals surface area contributed by atoms with Crippen LogP contribution in [0, 0.1) is 0 Å². The molecule has 4 aromatic carbocycles. The molecule has 4 aromatic rings. The van der Waals surface area contributed by atoms with Gasteiger partial charge in [-0.3, -0.25) is 9.59 Å². The van der Waals surface area contributed by atoms with Crippen LogP contribution in [0.25, 0.3) is 0 Å². The van der Waals surface area contributed by atoms with E-state index in [1.807, 2.05) is 12.1 Å². The van der Waals surface area contributed by atoms with Crippen LogP contribution in [0.4, 0.5) is 5.69 Å². The summed E-state index contributed by atoms with van der Waals surface area (Å²) in [6.45, 7) is 0. The lowest BCUT2D eigenvalue weighted by atomic mass is 10.0. The zero-order chi connectivity index (χ0) is 24.7. The van der Waals surface area contributed by atoms with E-state index < -0.39 is 27.7 Å². The second kappa shape index (κ2) is 10.8. The van der Waals surface area contributed by atoms with Crippen LogP contribution in [0.2, 0.25) is 0 Å². The van der Waals surface area contributed by atoms with E-state index in [0.29, 0.717) is 16.8 Å². The second-order valence-corrected chi connectivity index (χ2v) is 9.93. The number of rotatable bonds is 8. The molecule has 0 aromatic heterocycles. The SMILES string of the molecule is O=C(NC(C(=O)Nc1ccccc1)c1ccccc1)c1cccc(CS(=O)(=O)c2ccccc2)c1. The number of hydrogen-bond donors (Lipinski definition) is 2. The first-order valence-electron chi connectivity index (χ1n) is 11.0. The molecule has 0 bridgehead atoms. The molecule has 2 N–H and O–H groups in total. The Kier molecular flexibility index (Phi) is 7.38. The van der Waals surface area contributed by atoms with Crippen LogP contribution in [0.1, 0.15) is 27.5 Å². The Morgan fingerprint density at radius 3 is 1.97 bits per heavy atom. The number of carbonyl (C=O) groups excluding carboxylic acids is 2. The smallest absolute Gasteiger partial charge is 0.252 e. The zero-order valence-corrected chi connectivity index (χ0v) is 19.6. The lowest BCUT2D eigenvalue weighted by Gasteiger charge is -2.19. The molecule has 0 aliphatic heterocycles. The summed E-state index contributed by atoms with van der Waals surface area (Å²) in [5.74, 6) is -1.12. The fourth-order valence-electron chi connectivity index (χ4n) is 3.63. The molecule has 35 heavy (non-hydrogen) atoms. The van der Waals surface area contributed by atoms with Gasteiger partial charge in [-0.05, 0) is 47.5 Å². The maximum atomic E-state index is 13.1. The first kappa shape index (κ1) is 23.9. The number of carbonyl (C=O) groups is 2. The van der Waals surface area contributed by atoms with E-state index >= 15 is 0 Å². The van der Waals surface area contributed by atoms with Gasteiger partial charge in [-0.15, -0.1) is 0 Å². The highest BCUT2D eigenvalue weighted by Gasteiger charge is 2.24. The molecule has 0 heterocycles. The molecule has 0 spiro atoms. The maximum Gasteiger partial charge on any atom is 0.252 e. The summed E-state index contributed by atoms with van der Waals surface area (Å²) >= 11 is 0. The van der Waals surface area contributed by atoms with Gasteiger partial charge in [-0.1, -0.05) is 78.9 Å². The van der Waals surface area contributed by atoms with E-state index in [2.05, 4.69) is 10.6 Å². The molecule has 0 aliphatic rings. The average molecular weight is 485 g/mol. The molecular weight excluding hydrogens is 460 g/mol. The van der Waals surface area contributed by atoms with Gasteiger partial charge in [-0.25, -0.2) is 8.42 Å². The highest BCUT2D eigenvalue weighted by atomic mass is 32.2. The van der Waals surface area contributed by atoms with Crippen molar-refractivity contribution in [3.05, 3.63) is 132 Å². The van der Waals surface area contributed by atoms with Gasteiger partial charge < -0.3 is 10.6 Å². The fourth-order valence-corrected chi connectivity index (χ4v) is 4.99. The van der Waals surface area contributed by atoms with Gasteiger partial charge >= 0.3 is 0 Å². The van der Waals surface area contributed by atoms with E-state index in [-0.39, 0.29) is 16.2 Å². The van der Waals surface area contributed by atoms with Gasteiger partial charge in [0.15, 0.2) is 9.84 Å². The van der Waals surface area contributed by atoms with Crippen molar-refractivity contribution in [2.45, 2.75) is 16.7 Å². The summed E-state index contributed by atoms with van der Waals surface area (Å²) in [4.78, 5) is 26.4. The van der Waals surface area contributed by atoms with Gasteiger partial charge in [0.05, 0.1) is 10.6 Å². The molecule has 0 saturated heterocycles. The number of para-hydroxylation sites is 1. The van der Waals surface area contributed by atoms with Crippen LogP contribution >= 0.6 is 0 Å². The van der Waals surface area contributed by atoms with Crippen molar-refractivity contribution in [1.29, 1.82) is 0 Å². The monoisotopic (exact) mass is 484 g/mol. The Morgan fingerprint density at radius 1 is 0.714 bits per heavy atom. The summed E-state index contributed by atoms with van der Waals surface area (Å²) in [6, 6.07) is 31.6. The normalized spacial score (nSPS) is 11.9. The zero-order valence-electron chi connectivity index (χ0n) is 18.8. The fraction of sp³-hybridized carbons (Fsp3) is 0.0714. The Bertz CT molecular complexity index is 1410. The molecule has 2 amide bonds. The number of anilines is 1. The van der Waals surface area contributed by atoms with Crippen molar-refractivity contribution in [2.24, 2.45) is 0 Å². The van der Waals surface area contributed by atoms with Crippen molar-refractivity contribution < 1.29 is 18.0 Å². The van der Waals surface area contributed by atoms with Crippen LogP contribution in [-0.2, 0) is 20.4 Å². The molecule has 0 radical (unpaired) electrons. The van der Waals surface area contributed by atoms with E-state index in [1.54, 1.807) is 97.1 Å². The number of benzene rings is 4. The molecule has 7 heteroatoms. The summed E-state index contributed by atoms with van der Waals surface area (Å²) in [5.41, 5.74) is 1.98. The number of nitrogens with one attached hydrogen (secondary N) is 2. The second-order valence-electron chi connectivity index (χ2n) is 7.94. The number of sulfone groups is 1. The third kappa shape index (κ3) is 6.22. The van der Waals surface area contributed by atoms with Crippen molar-refractivity contribution in [3.63, 3.8) is 0 Å². The van der Waals surface area contributed by atoms with Crippen molar-refractivity contribution >= 4 is 27.3 Å². The van der Waals surface area contributed by atoms with Crippen LogP contribution in [0.15, 0.2) is 120 Å². The molecule has 0 aliphatic carbocycles. The molecule has 1 atom stereocenters. The highest BCUT2D eigenvalue weighted by molar-refractivity contribution is 7.90. The molecule has 4 rings (SSSR count). The van der Waals surface area contributed by atoms with Crippen LogP contribution in [0.3, 0.4) is 0 Å².